The van der Waals surface area contributed by atoms with Crippen LogP contribution in [0.1, 0.15) is 48.8 Å². The number of quaternary nitrogens is 1. The van der Waals surface area contributed by atoms with Gasteiger partial charge in [-0.05, 0) is 39.2 Å². The maximum absolute atomic E-state index is 5.99. The van der Waals surface area contributed by atoms with Gasteiger partial charge < -0.3 is 14.8 Å². The summed E-state index contributed by atoms with van der Waals surface area (Å²) in [5, 5.41) is 8.15. The van der Waals surface area contributed by atoms with E-state index in [-0.39, 0.29) is 5.60 Å². The first-order chi connectivity index (χ1) is 13.0. The van der Waals surface area contributed by atoms with Gasteiger partial charge in [-0.1, -0.05) is 0 Å². The second-order valence-electron chi connectivity index (χ2n) is 8.20. The summed E-state index contributed by atoms with van der Waals surface area (Å²) in [5.41, 5.74) is 2.13. The lowest BCUT2D eigenvalue weighted by Gasteiger charge is -2.30. The van der Waals surface area contributed by atoms with E-state index in [1.807, 2.05) is 11.4 Å². The van der Waals surface area contributed by atoms with Crippen molar-refractivity contribution in [3.63, 3.8) is 0 Å². The number of fused-ring (bicyclic) bond motifs is 5. The van der Waals surface area contributed by atoms with E-state index in [9.17, 15) is 0 Å². The highest BCUT2D eigenvalue weighted by Crippen LogP contribution is 2.39. The fourth-order valence-corrected chi connectivity index (χ4v) is 5.24. The third-order valence-corrected chi connectivity index (χ3v) is 6.59. The zero-order valence-electron chi connectivity index (χ0n) is 16.1. The van der Waals surface area contributed by atoms with Gasteiger partial charge in [0, 0.05) is 17.9 Å². The lowest BCUT2D eigenvalue weighted by Crippen LogP contribution is -2.84. The summed E-state index contributed by atoms with van der Waals surface area (Å²) < 4.78 is 13.6. The number of rotatable bonds is 4. The topological polar surface area (TPSA) is 78.2 Å². The Hall–Kier alpha value is -1.61. The van der Waals surface area contributed by atoms with Gasteiger partial charge in [0.2, 0.25) is 5.82 Å². The number of hydrogen-bond acceptors (Lipinski definition) is 6. The first-order valence-electron chi connectivity index (χ1n) is 9.74. The molecule has 1 fully saturated rings. The number of aromatic nitrogens is 4. The molecule has 27 heavy (non-hydrogen) atoms. The van der Waals surface area contributed by atoms with Gasteiger partial charge in [-0.2, -0.15) is 4.52 Å². The summed E-state index contributed by atoms with van der Waals surface area (Å²) in [6.07, 6.45) is 3.61. The molecule has 0 spiro atoms. The SMILES string of the molecule is Cc1nc2sc3c(c2c2nc(C[NH2+]C[C@H]4CCCO4)nn12)CC(C)(C)OC3. The van der Waals surface area contributed by atoms with E-state index in [4.69, 9.17) is 24.5 Å². The van der Waals surface area contributed by atoms with Crippen LogP contribution in [0.4, 0.5) is 0 Å². The molecular formula is C19H26N5O2S+. The maximum atomic E-state index is 5.99. The van der Waals surface area contributed by atoms with Crippen LogP contribution in [0.25, 0.3) is 15.9 Å². The van der Waals surface area contributed by atoms with Crippen molar-refractivity contribution in [2.75, 3.05) is 13.2 Å². The average molecular weight is 389 g/mol. The van der Waals surface area contributed by atoms with Gasteiger partial charge in [-0.25, -0.2) is 9.97 Å². The van der Waals surface area contributed by atoms with Crippen LogP contribution < -0.4 is 5.32 Å². The van der Waals surface area contributed by atoms with Crippen LogP contribution in [0.15, 0.2) is 0 Å². The molecule has 7 nitrogen and oxygen atoms in total. The van der Waals surface area contributed by atoms with Crippen molar-refractivity contribution in [1.82, 2.24) is 19.6 Å². The van der Waals surface area contributed by atoms with Crippen molar-refractivity contribution in [2.45, 2.75) is 64.9 Å². The largest absolute Gasteiger partial charge is 0.372 e. The Labute approximate surface area is 162 Å². The summed E-state index contributed by atoms with van der Waals surface area (Å²) in [5.74, 6) is 1.74. The van der Waals surface area contributed by atoms with Crippen LogP contribution in [-0.2, 0) is 29.0 Å². The lowest BCUT2D eigenvalue weighted by atomic mass is 9.94. The summed E-state index contributed by atoms with van der Waals surface area (Å²) in [6.45, 7) is 9.59. The van der Waals surface area contributed by atoms with Gasteiger partial charge >= 0.3 is 0 Å². The minimum absolute atomic E-state index is 0.152. The first-order valence-corrected chi connectivity index (χ1v) is 10.6. The van der Waals surface area contributed by atoms with Crippen LogP contribution in [0, 0.1) is 6.92 Å². The highest BCUT2D eigenvalue weighted by molar-refractivity contribution is 7.19. The fraction of sp³-hybridized carbons (Fsp3) is 0.632. The Balaban J connectivity index is 1.50. The molecule has 3 aromatic rings. The molecule has 0 amide bonds. The molecule has 3 aromatic heterocycles. The van der Waals surface area contributed by atoms with Gasteiger partial charge in [-0.3, -0.25) is 0 Å². The van der Waals surface area contributed by atoms with Gasteiger partial charge in [0.25, 0.3) is 0 Å². The van der Waals surface area contributed by atoms with Crippen molar-refractivity contribution >= 4 is 27.2 Å². The highest BCUT2D eigenvalue weighted by Gasteiger charge is 2.31. The second kappa shape index (κ2) is 6.48. The second-order valence-corrected chi connectivity index (χ2v) is 9.28. The Bertz CT molecular complexity index is 1000. The van der Waals surface area contributed by atoms with E-state index in [2.05, 4.69) is 19.2 Å². The Morgan fingerprint density at radius 2 is 2.22 bits per heavy atom. The molecule has 5 heterocycles. The summed E-state index contributed by atoms with van der Waals surface area (Å²) >= 11 is 1.73. The molecule has 5 rings (SSSR count). The van der Waals surface area contributed by atoms with Crippen LogP contribution >= 0.6 is 11.3 Å². The molecule has 2 N–H and O–H groups in total. The summed E-state index contributed by atoms with van der Waals surface area (Å²) in [4.78, 5) is 12.0. The van der Waals surface area contributed by atoms with E-state index >= 15 is 0 Å². The minimum atomic E-state index is -0.152. The lowest BCUT2D eigenvalue weighted by molar-refractivity contribution is -0.677. The summed E-state index contributed by atoms with van der Waals surface area (Å²) in [7, 11) is 0. The molecule has 0 unspecified atom stereocenters. The number of ether oxygens (including phenoxy) is 2. The van der Waals surface area contributed by atoms with E-state index in [1.165, 1.54) is 16.9 Å². The molecule has 1 atom stereocenters. The van der Waals surface area contributed by atoms with Gasteiger partial charge in [0.1, 0.15) is 29.8 Å². The Kier molecular flexibility index (Phi) is 4.19. The van der Waals surface area contributed by atoms with Gasteiger partial charge in [-0.15, -0.1) is 16.4 Å². The minimum Gasteiger partial charge on any atom is -0.372 e. The quantitative estimate of drug-likeness (QED) is 0.737. The van der Waals surface area contributed by atoms with Gasteiger partial charge in [0.05, 0.1) is 17.6 Å². The van der Waals surface area contributed by atoms with E-state index in [1.54, 1.807) is 11.3 Å². The third kappa shape index (κ3) is 3.14. The molecule has 0 saturated carbocycles. The number of thiophene rings is 1. The molecular weight excluding hydrogens is 362 g/mol. The number of aryl methyl sites for hydroxylation is 1. The highest BCUT2D eigenvalue weighted by atomic mass is 32.1. The molecule has 0 aromatic carbocycles. The van der Waals surface area contributed by atoms with Crippen molar-refractivity contribution < 1.29 is 14.8 Å². The zero-order valence-corrected chi connectivity index (χ0v) is 16.9. The maximum Gasteiger partial charge on any atom is 0.206 e. The predicted octanol–water partition coefficient (Wildman–Crippen LogP) is 1.74. The Morgan fingerprint density at radius 3 is 3.04 bits per heavy atom. The van der Waals surface area contributed by atoms with Crippen LogP contribution in [0.2, 0.25) is 0 Å². The van der Waals surface area contributed by atoms with Crippen molar-refractivity contribution in [3.05, 3.63) is 22.1 Å². The van der Waals surface area contributed by atoms with Crippen LogP contribution in [-0.4, -0.2) is 44.4 Å². The zero-order chi connectivity index (χ0) is 18.6. The molecule has 144 valence electrons. The molecule has 0 aliphatic carbocycles. The third-order valence-electron chi connectivity index (χ3n) is 5.49. The number of nitrogens with zero attached hydrogens (tertiary/aromatic N) is 4. The van der Waals surface area contributed by atoms with E-state index in [0.717, 1.165) is 60.1 Å². The molecule has 0 radical (unpaired) electrons. The van der Waals surface area contributed by atoms with Gasteiger partial charge in [0.15, 0.2) is 5.65 Å². The number of hydrogen-bond donors (Lipinski definition) is 1. The van der Waals surface area contributed by atoms with Crippen LogP contribution in [0.3, 0.4) is 0 Å². The predicted molar refractivity (Wildman–Crippen MR) is 103 cm³/mol. The number of nitrogens with two attached hydrogens (primary N) is 1. The van der Waals surface area contributed by atoms with Crippen molar-refractivity contribution in [3.8, 4) is 0 Å². The van der Waals surface area contributed by atoms with Crippen LogP contribution in [0.5, 0.6) is 0 Å². The fourth-order valence-electron chi connectivity index (χ4n) is 4.10. The first kappa shape index (κ1) is 17.5. The molecule has 8 heteroatoms. The molecule has 0 bridgehead atoms. The van der Waals surface area contributed by atoms with E-state index in [0.29, 0.717) is 12.7 Å². The standard InChI is InChI=1S/C19H25N5O2S/c1-11-21-18-16(13-7-19(2,3)26-10-14(13)27-18)17-22-15(23-24(11)17)9-20-8-12-5-4-6-25-12/h12,20H,4-10H2,1-3H3/p+1/t12-/m1/s1. The van der Waals surface area contributed by atoms with Crippen molar-refractivity contribution in [1.29, 1.82) is 0 Å². The average Bonchev–Trinajstić information content (AvgIpc) is 3.32. The molecule has 2 aliphatic rings. The Morgan fingerprint density at radius 1 is 1.33 bits per heavy atom. The smallest absolute Gasteiger partial charge is 0.206 e. The van der Waals surface area contributed by atoms with E-state index < -0.39 is 0 Å². The van der Waals surface area contributed by atoms with Crippen molar-refractivity contribution in [2.24, 2.45) is 0 Å². The molecule has 2 aliphatic heterocycles. The molecule has 1 saturated heterocycles. The normalized spacial score (nSPS) is 22.0. The monoisotopic (exact) mass is 388 g/mol. The summed E-state index contributed by atoms with van der Waals surface area (Å²) in [6, 6.07) is 0.